The van der Waals surface area contributed by atoms with E-state index in [9.17, 15) is 19.2 Å². The molecule has 14 heteroatoms. The van der Waals surface area contributed by atoms with Crippen molar-refractivity contribution >= 4 is 57.4 Å². The fraction of sp³-hybridized carbons (Fsp3) is 0.333. The second kappa shape index (κ2) is 10.7. The quantitative estimate of drug-likeness (QED) is 0.441. The first-order chi connectivity index (χ1) is 16.4. The van der Waals surface area contributed by atoms with Gasteiger partial charge in [-0.05, 0) is 33.8 Å². The molecule has 0 saturated carbocycles. The zero-order chi connectivity index (χ0) is 25.8. The number of rotatable bonds is 7. The van der Waals surface area contributed by atoms with Crippen LogP contribution in [0.4, 0.5) is 15.6 Å². The van der Waals surface area contributed by atoms with Gasteiger partial charge in [0.25, 0.3) is 11.1 Å². The molecule has 0 aliphatic carbocycles. The molecule has 0 spiro atoms. The standard InChI is InChI=1S/C21H23N5O7S2/c1-6-31-16(28)12-10-35-20(24-12)32-17(29)13-9-34-18(23-13)25-15(27)14-7-11(8-26(14)5)22-19(30)33-21(2,3)4/h7-10H,6H2,1-5H3,(H,22,30)(H,23,25,27). The predicted molar refractivity (Wildman–Crippen MR) is 128 cm³/mol. The molecule has 0 saturated heterocycles. The van der Waals surface area contributed by atoms with Crippen molar-refractivity contribution in [3.05, 3.63) is 40.1 Å². The van der Waals surface area contributed by atoms with Crippen LogP contribution in [0.25, 0.3) is 0 Å². The van der Waals surface area contributed by atoms with Gasteiger partial charge < -0.3 is 18.8 Å². The molecule has 0 radical (unpaired) electrons. The first-order valence-corrected chi connectivity index (χ1v) is 12.0. The minimum absolute atomic E-state index is 0.0361. The van der Waals surface area contributed by atoms with E-state index in [0.29, 0.717) is 5.69 Å². The molecular weight excluding hydrogens is 498 g/mol. The summed E-state index contributed by atoms with van der Waals surface area (Å²) in [4.78, 5) is 56.6. The van der Waals surface area contributed by atoms with Crippen LogP contribution in [0.2, 0.25) is 0 Å². The van der Waals surface area contributed by atoms with Gasteiger partial charge in [-0.2, -0.15) is 4.98 Å². The van der Waals surface area contributed by atoms with Gasteiger partial charge in [0.15, 0.2) is 16.5 Å². The summed E-state index contributed by atoms with van der Waals surface area (Å²) in [7, 11) is 1.64. The SMILES string of the molecule is CCOC(=O)c1csc(OC(=O)c2csc(NC(=O)c3cc(NC(=O)OC(C)(C)C)cn3C)n2)n1. The predicted octanol–water partition coefficient (Wildman–Crippen LogP) is 3.93. The summed E-state index contributed by atoms with van der Waals surface area (Å²) in [6.45, 7) is 7.09. The number of ether oxygens (including phenoxy) is 3. The summed E-state index contributed by atoms with van der Waals surface area (Å²) in [5.74, 6) is -1.91. The molecule has 0 aliphatic rings. The van der Waals surface area contributed by atoms with E-state index in [0.717, 1.165) is 22.7 Å². The lowest BCUT2D eigenvalue weighted by molar-refractivity contribution is 0.0516. The molecule has 186 valence electrons. The molecule has 0 atom stereocenters. The molecule has 0 unspecified atom stereocenters. The molecule has 3 aromatic rings. The maximum Gasteiger partial charge on any atom is 0.412 e. The number of carbonyl (C=O) groups excluding carboxylic acids is 4. The smallest absolute Gasteiger partial charge is 0.412 e. The second-order valence-corrected chi connectivity index (χ2v) is 9.63. The summed E-state index contributed by atoms with van der Waals surface area (Å²) in [5, 5.41) is 8.12. The second-order valence-electron chi connectivity index (χ2n) is 7.95. The fourth-order valence-electron chi connectivity index (χ4n) is 2.60. The Morgan fingerprint density at radius 3 is 2.40 bits per heavy atom. The fourth-order valence-corrected chi connectivity index (χ4v) is 3.91. The number of aromatic nitrogens is 3. The van der Waals surface area contributed by atoms with Crippen molar-refractivity contribution in [2.45, 2.75) is 33.3 Å². The molecule has 2 amide bonds. The highest BCUT2D eigenvalue weighted by molar-refractivity contribution is 7.14. The number of anilines is 2. The number of aryl methyl sites for hydroxylation is 1. The first kappa shape index (κ1) is 25.8. The van der Waals surface area contributed by atoms with E-state index in [1.807, 2.05) is 0 Å². The number of hydrogen-bond acceptors (Lipinski definition) is 11. The van der Waals surface area contributed by atoms with Crippen LogP contribution in [0, 0.1) is 0 Å². The number of hydrogen-bond donors (Lipinski definition) is 2. The number of carbonyl (C=O) groups is 4. The zero-order valence-electron chi connectivity index (χ0n) is 19.5. The van der Waals surface area contributed by atoms with E-state index in [4.69, 9.17) is 14.2 Å². The molecule has 3 aromatic heterocycles. The third-order valence-corrected chi connectivity index (χ3v) is 5.44. The van der Waals surface area contributed by atoms with Crippen LogP contribution >= 0.6 is 22.7 Å². The van der Waals surface area contributed by atoms with Gasteiger partial charge in [-0.1, -0.05) is 11.3 Å². The van der Waals surface area contributed by atoms with E-state index < -0.39 is 29.5 Å². The Kier molecular flexibility index (Phi) is 7.86. The van der Waals surface area contributed by atoms with Crippen LogP contribution in [-0.2, 0) is 16.5 Å². The number of amides is 2. The van der Waals surface area contributed by atoms with Gasteiger partial charge in [-0.15, -0.1) is 11.3 Å². The minimum Gasteiger partial charge on any atom is -0.461 e. The summed E-state index contributed by atoms with van der Waals surface area (Å²) >= 11 is 1.99. The summed E-state index contributed by atoms with van der Waals surface area (Å²) < 4.78 is 16.7. The molecule has 3 heterocycles. The molecular formula is C21H23N5O7S2. The van der Waals surface area contributed by atoms with Crippen molar-refractivity contribution in [2.75, 3.05) is 17.2 Å². The first-order valence-electron chi connectivity index (χ1n) is 10.2. The molecule has 0 aliphatic heterocycles. The summed E-state index contributed by atoms with van der Waals surface area (Å²) in [5.41, 5.74) is -0.0529. The normalized spacial score (nSPS) is 11.0. The Bertz CT molecular complexity index is 1260. The lowest BCUT2D eigenvalue weighted by atomic mass is 10.2. The monoisotopic (exact) mass is 521 g/mol. The van der Waals surface area contributed by atoms with Gasteiger partial charge in [0.1, 0.15) is 11.3 Å². The Morgan fingerprint density at radius 1 is 1.03 bits per heavy atom. The number of thiazole rings is 2. The lowest BCUT2D eigenvalue weighted by Crippen LogP contribution is -2.27. The van der Waals surface area contributed by atoms with Gasteiger partial charge in [-0.25, -0.2) is 19.4 Å². The minimum atomic E-state index is -0.797. The summed E-state index contributed by atoms with van der Waals surface area (Å²) in [6, 6.07) is 1.48. The number of esters is 2. The molecule has 3 rings (SSSR count). The van der Waals surface area contributed by atoms with Crippen molar-refractivity contribution in [3.63, 3.8) is 0 Å². The van der Waals surface area contributed by atoms with Gasteiger partial charge >= 0.3 is 18.0 Å². The molecule has 2 N–H and O–H groups in total. The molecule has 0 fully saturated rings. The largest absolute Gasteiger partial charge is 0.461 e. The highest BCUT2D eigenvalue weighted by Gasteiger charge is 2.21. The molecule has 35 heavy (non-hydrogen) atoms. The van der Waals surface area contributed by atoms with Gasteiger partial charge in [0.2, 0.25) is 0 Å². The van der Waals surface area contributed by atoms with Crippen molar-refractivity contribution < 1.29 is 33.4 Å². The Hall–Kier alpha value is -3.78. The van der Waals surface area contributed by atoms with Crippen LogP contribution in [-0.4, -0.2) is 50.7 Å². The van der Waals surface area contributed by atoms with Crippen LogP contribution in [0.3, 0.4) is 0 Å². The van der Waals surface area contributed by atoms with Crippen LogP contribution in [0.15, 0.2) is 23.0 Å². The Labute approximate surface area is 208 Å². The average Bonchev–Trinajstić information content (AvgIpc) is 3.47. The summed E-state index contributed by atoms with van der Waals surface area (Å²) in [6.07, 6.45) is 0.912. The molecule has 12 nitrogen and oxygen atoms in total. The van der Waals surface area contributed by atoms with Crippen LogP contribution < -0.4 is 15.4 Å². The van der Waals surface area contributed by atoms with Gasteiger partial charge in [0.05, 0.1) is 12.3 Å². The topological polar surface area (TPSA) is 151 Å². The zero-order valence-corrected chi connectivity index (χ0v) is 21.2. The molecule has 0 aromatic carbocycles. The van der Waals surface area contributed by atoms with E-state index >= 15 is 0 Å². The van der Waals surface area contributed by atoms with E-state index in [1.54, 1.807) is 40.9 Å². The maximum atomic E-state index is 12.7. The van der Waals surface area contributed by atoms with Crippen molar-refractivity contribution in [2.24, 2.45) is 7.05 Å². The van der Waals surface area contributed by atoms with Crippen molar-refractivity contribution in [1.82, 2.24) is 14.5 Å². The molecule has 0 bridgehead atoms. The highest BCUT2D eigenvalue weighted by atomic mass is 32.1. The number of nitrogens with zero attached hydrogens (tertiary/aromatic N) is 3. The van der Waals surface area contributed by atoms with E-state index in [-0.39, 0.29) is 34.0 Å². The average molecular weight is 522 g/mol. The van der Waals surface area contributed by atoms with Crippen LogP contribution in [0.1, 0.15) is 59.2 Å². The maximum absolute atomic E-state index is 12.7. The lowest BCUT2D eigenvalue weighted by Gasteiger charge is -2.19. The van der Waals surface area contributed by atoms with Crippen molar-refractivity contribution in [3.8, 4) is 5.19 Å². The van der Waals surface area contributed by atoms with Gasteiger partial charge in [0, 0.05) is 24.0 Å². The highest BCUT2D eigenvalue weighted by Crippen LogP contribution is 2.23. The third kappa shape index (κ3) is 7.10. The van der Waals surface area contributed by atoms with Crippen molar-refractivity contribution in [1.29, 1.82) is 0 Å². The Balaban J connectivity index is 1.60. The van der Waals surface area contributed by atoms with Gasteiger partial charge in [-0.3, -0.25) is 15.4 Å². The van der Waals surface area contributed by atoms with Crippen LogP contribution in [0.5, 0.6) is 5.19 Å². The van der Waals surface area contributed by atoms with E-state index in [2.05, 4.69) is 20.6 Å². The number of nitrogens with one attached hydrogen (secondary N) is 2. The van der Waals surface area contributed by atoms with E-state index in [1.165, 1.54) is 21.4 Å². The Morgan fingerprint density at radius 2 is 1.71 bits per heavy atom. The third-order valence-electron chi connectivity index (χ3n) is 3.96.